The number of aryl methyl sites for hydroxylation is 2. The lowest BCUT2D eigenvalue weighted by Gasteiger charge is -2.21. The smallest absolute Gasteiger partial charge is 0.302 e. The van der Waals surface area contributed by atoms with Crippen molar-refractivity contribution >= 4 is 44.1 Å². The van der Waals surface area contributed by atoms with Crippen LogP contribution in [0.4, 0.5) is 5.13 Å². The quantitative estimate of drug-likeness (QED) is 0.254. The molecule has 3 heterocycles. The molecule has 1 amide bonds. The highest BCUT2D eigenvalue weighted by Gasteiger charge is 2.49. The van der Waals surface area contributed by atoms with Gasteiger partial charge in [-0.1, -0.05) is 35.6 Å². The molecule has 4 aromatic rings. The Balaban J connectivity index is 1.52. The number of hydrogen-bond donors (Lipinski definition) is 1. The number of furan rings is 1. The maximum atomic E-state index is 13.2. The van der Waals surface area contributed by atoms with Crippen LogP contribution in [0.5, 0.6) is 0 Å². The van der Waals surface area contributed by atoms with E-state index in [1.54, 1.807) is 12.1 Å². The monoisotopic (exact) mass is 456 g/mol. The van der Waals surface area contributed by atoms with Gasteiger partial charge in [-0.15, -0.1) is 0 Å². The molecule has 2 aromatic carbocycles. The fourth-order valence-corrected chi connectivity index (χ4v) is 5.74. The van der Waals surface area contributed by atoms with Crippen molar-refractivity contribution in [2.75, 3.05) is 4.90 Å². The number of rotatable bonds is 3. The van der Waals surface area contributed by atoms with Gasteiger partial charge in [-0.05, 0) is 67.1 Å². The third-order valence-corrected chi connectivity index (χ3v) is 7.40. The predicted molar refractivity (Wildman–Crippen MR) is 126 cm³/mol. The average molecular weight is 457 g/mol. The topological polar surface area (TPSA) is 83.6 Å². The van der Waals surface area contributed by atoms with Gasteiger partial charge in [0.2, 0.25) is 0 Å². The Kier molecular flexibility index (Phi) is 4.66. The van der Waals surface area contributed by atoms with Crippen molar-refractivity contribution in [3.8, 4) is 0 Å². The van der Waals surface area contributed by atoms with Gasteiger partial charge in [-0.25, -0.2) is 4.98 Å². The highest BCUT2D eigenvalue weighted by Crippen LogP contribution is 2.44. The van der Waals surface area contributed by atoms with Crippen LogP contribution in [0.15, 0.2) is 70.9 Å². The first-order valence-electron chi connectivity index (χ1n) is 10.9. The van der Waals surface area contributed by atoms with Crippen molar-refractivity contribution in [2.24, 2.45) is 0 Å². The lowest BCUT2D eigenvalue weighted by molar-refractivity contribution is -0.132. The normalized spacial score (nSPS) is 19.9. The summed E-state index contributed by atoms with van der Waals surface area (Å²) in [5, 5.41) is 11.7. The van der Waals surface area contributed by atoms with E-state index in [-0.39, 0.29) is 11.3 Å². The van der Waals surface area contributed by atoms with Gasteiger partial charge in [0.15, 0.2) is 5.13 Å². The van der Waals surface area contributed by atoms with Crippen LogP contribution < -0.4 is 4.90 Å². The number of aromatic nitrogens is 1. The van der Waals surface area contributed by atoms with Crippen LogP contribution >= 0.6 is 11.3 Å². The van der Waals surface area contributed by atoms with E-state index in [0.717, 1.165) is 35.9 Å². The van der Waals surface area contributed by atoms with Crippen molar-refractivity contribution < 1.29 is 19.1 Å². The summed E-state index contributed by atoms with van der Waals surface area (Å²) in [7, 11) is 0. The van der Waals surface area contributed by atoms with Gasteiger partial charge in [-0.2, -0.15) is 0 Å². The maximum Gasteiger partial charge on any atom is 0.302 e. The van der Waals surface area contributed by atoms with E-state index in [0.29, 0.717) is 16.5 Å². The van der Waals surface area contributed by atoms with Crippen LogP contribution in [-0.2, 0) is 22.4 Å². The van der Waals surface area contributed by atoms with Gasteiger partial charge < -0.3 is 9.52 Å². The second kappa shape index (κ2) is 7.71. The average Bonchev–Trinajstić information content (AvgIpc) is 3.57. The van der Waals surface area contributed by atoms with Gasteiger partial charge in [-0.3, -0.25) is 14.5 Å². The Morgan fingerprint density at radius 3 is 2.64 bits per heavy atom. The second-order valence-corrected chi connectivity index (χ2v) is 9.35. The summed E-state index contributed by atoms with van der Waals surface area (Å²) < 4.78 is 6.54. The SMILES string of the molecule is O=C1C(=O)N(c2nc3ccccc3s2)C(c2ccco2)/C1=C(\O)c1ccc2c(c1)CCCC2. The standard InChI is InChI=1S/C26H20N2O4S/c29-23(17-12-11-15-6-1-2-7-16(15)14-17)21-22(19-9-5-13-32-19)28(25(31)24(21)30)26-27-18-8-3-4-10-20(18)33-26/h3-5,8-14,22,29H,1-2,6-7H2/b23-21+. The van der Waals surface area contributed by atoms with Crippen molar-refractivity contribution in [1.82, 2.24) is 4.98 Å². The summed E-state index contributed by atoms with van der Waals surface area (Å²) in [5.74, 6) is -1.26. The number of carbonyl (C=O) groups is 2. The molecule has 1 atom stereocenters. The molecule has 1 unspecified atom stereocenters. The zero-order chi connectivity index (χ0) is 22.5. The summed E-state index contributed by atoms with van der Waals surface area (Å²) in [5.41, 5.74) is 3.75. The minimum atomic E-state index is -0.892. The van der Waals surface area contributed by atoms with E-state index in [9.17, 15) is 14.7 Å². The van der Waals surface area contributed by atoms with Gasteiger partial charge >= 0.3 is 5.91 Å². The van der Waals surface area contributed by atoms with Gasteiger partial charge in [0.05, 0.1) is 22.1 Å². The van der Waals surface area contributed by atoms with Crippen molar-refractivity contribution in [3.63, 3.8) is 0 Å². The van der Waals surface area contributed by atoms with E-state index in [1.807, 2.05) is 42.5 Å². The molecule has 2 aromatic heterocycles. The highest BCUT2D eigenvalue weighted by molar-refractivity contribution is 7.22. The molecule has 0 radical (unpaired) electrons. The summed E-state index contributed by atoms with van der Waals surface area (Å²) in [6.07, 6.45) is 5.71. The fourth-order valence-electron chi connectivity index (χ4n) is 4.75. The molecule has 2 aliphatic rings. The molecule has 1 aliphatic heterocycles. The van der Waals surface area contributed by atoms with Crippen molar-refractivity contribution in [2.45, 2.75) is 31.7 Å². The zero-order valence-electron chi connectivity index (χ0n) is 17.7. The highest BCUT2D eigenvalue weighted by atomic mass is 32.1. The number of benzene rings is 2. The Labute approximate surface area is 193 Å². The van der Waals surface area contributed by atoms with E-state index >= 15 is 0 Å². The van der Waals surface area contributed by atoms with Crippen LogP contribution in [0.25, 0.3) is 16.0 Å². The molecule has 164 valence electrons. The molecule has 1 saturated heterocycles. The molecular weight excluding hydrogens is 436 g/mol. The zero-order valence-corrected chi connectivity index (χ0v) is 18.5. The van der Waals surface area contributed by atoms with Gasteiger partial charge in [0, 0.05) is 5.56 Å². The molecular formula is C26H20N2O4S. The summed E-state index contributed by atoms with van der Waals surface area (Å²) in [6.45, 7) is 0. The Bertz CT molecular complexity index is 1400. The number of ketones is 1. The number of aliphatic hydroxyl groups excluding tert-OH is 1. The lowest BCUT2D eigenvalue weighted by atomic mass is 9.89. The van der Waals surface area contributed by atoms with E-state index < -0.39 is 17.7 Å². The predicted octanol–water partition coefficient (Wildman–Crippen LogP) is 5.39. The minimum Gasteiger partial charge on any atom is -0.507 e. The maximum absolute atomic E-state index is 13.2. The van der Waals surface area contributed by atoms with Crippen LogP contribution in [0.1, 0.15) is 41.3 Å². The molecule has 1 N–H and O–H groups in total. The van der Waals surface area contributed by atoms with Crippen LogP contribution in [0.2, 0.25) is 0 Å². The molecule has 6 rings (SSSR count). The molecule has 0 spiro atoms. The largest absolute Gasteiger partial charge is 0.507 e. The Morgan fingerprint density at radius 1 is 1.03 bits per heavy atom. The van der Waals surface area contributed by atoms with Crippen LogP contribution in [-0.4, -0.2) is 21.8 Å². The van der Waals surface area contributed by atoms with E-state index in [1.165, 1.54) is 33.6 Å². The van der Waals surface area contributed by atoms with Crippen LogP contribution in [0, 0.1) is 0 Å². The van der Waals surface area contributed by atoms with Gasteiger partial charge in [0.25, 0.3) is 5.78 Å². The molecule has 7 heteroatoms. The second-order valence-electron chi connectivity index (χ2n) is 8.34. The van der Waals surface area contributed by atoms with E-state index in [4.69, 9.17) is 4.42 Å². The third-order valence-electron chi connectivity index (χ3n) is 6.37. The Hall–Kier alpha value is -3.71. The number of anilines is 1. The number of hydrogen-bond acceptors (Lipinski definition) is 6. The van der Waals surface area contributed by atoms with Crippen molar-refractivity contribution in [3.05, 3.63) is 88.9 Å². The number of para-hydroxylation sites is 1. The number of thiazole rings is 1. The summed E-state index contributed by atoms with van der Waals surface area (Å²) >= 11 is 1.33. The molecule has 6 nitrogen and oxygen atoms in total. The lowest BCUT2D eigenvalue weighted by Crippen LogP contribution is -2.29. The first-order valence-corrected chi connectivity index (χ1v) is 11.8. The molecule has 1 fully saturated rings. The number of carbonyl (C=O) groups excluding carboxylic acids is 2. The number of fused-ring (bicyclic) bond motifs is 2. The Morgan fingerprint density at radius 2 is 1.85 bits per heavy atom. The molecule has 0 bridgehead atoms. The van der Waals surface area contributed by atoms with Crippen molar-refractivity contribution in [1.29, 1.82) is 0 Å². The summed E-state index contributed by atoms with van der Waals surface area (Å²) in [6, 6.07) is 15.8. The van der Waals surface area contributed by atoms with Gasteiger partial charge in [0.1, 0.15) is 17.6 Å². The molecule has 33 heavy (non-hydrogen) atoms. The first-order chi connectivity index (χ1) is 16.1. The number of amides is 1. The fraction of sp³-hybridized carbons (Fsp3) is 0.192. The summed E-state index contributed by atoms with van der Waals surface area (Å²) in [4.78, 5) is 32.4. The third kappa shape index (κ3) is 3.19. The number of Topliss-reactive ketones (excluding diaryl/α,β-unsaturated/α-hetero) is 1. The number of aliphatic hydroxyl groups is 1. The molecule has 0 saturated carbocycles. The minimum absolute atomic E-state index is 0.0185. The van der Waals surface area contributed by atoms with Crippen LogP contribution in [0.3, 0.4) is 0 Å². The molecule has 1 aliphatic carbocycles. The first kappa shape index (κ1) is 19.9. The number of nitrogens with zero attached hydrogens (tertiary/aromatic N) is 2. The van der Waals surface area contributed by atoms with E-state index in [2.05, 4.69) is 4.98 Å².